The summed E-state index contributed by atoms with van der Waals surface area (Å²) in [6.07, 6.45) is 0. The van der Waals surface area contributed by atoms with Crippen molar-refractivity contribution in [2.24, 2.45) is 0 Å². The van der Waals surface area contributed by atoms with E-state index in [9.17, 15) is 0 Å². The van der Waals surface area contributed by atoms with Crippen molar-refractivity contribution in [2.45, 2.75) is 6.61 Å². The van der Waals surface area contributed by atoms with Crippen LogP contribution in [0.4, 0.5) is 5.00 Å². The van der Waals surface area contributed by atoms with E-state index in [0.29, 0.717) is 6.61 Å². The Kier molecular flexibility index (Phi) is 3.84. The molecule has 2 aromatic carbocycles. The minimum absolute atomic E-state index is 0.411. The van der Waals surface area contributed by atoms with Crippen molar-refractivity contribution in [3.05, 3.63) is 46.6 Å². The standard InChI is InChI=1S/C14H12BrN3OS/c1-16-14-13(17-18-20-14)8-19-12-5-3-9-6-11(15)4-2-10(9)7-12/h2-7,16H,8H2,1H3. The van der Waals surface area contributed by atoms with Crippen LogP contribution in [0.2, 0.25) is 0 Å². The van der Waals surface area contributed by atoms with E-state index in [1.54, 1.807) is 0 Å². The van der Waals surface area contributed by atoms with Gasteiger partial charge in [-0.15, -0.1) is 5.10 Å². The van der Waals surface area contributed by atoms with Gasteiger partial charge in [-0.2, -0.15) is 0 Å². The predicted octanol–water partition coefficient (Wildman–Crippen LogP) is 4.07. The molecule has 20 heavy (non-hydrogen) atoms. The van der Waals surface area contributed by atoms with Crippen LogP contribution in [0.5, 0.6) is 5.75 Å². The minimum Gasteiger partial charge on any atom is -0.487 e. The normalized spacial score (nSPS) is 10.7. The van der Waals surface area contributed by atoms with Crippen LogP contribution in [0.25, 0.3) is 10.8 Å². The van der Waals surface area contributed by atoms with Gasteiger partial charge in [0.2, 0.25) is 0 Å². The average molecular weight is 350 g/mol. The van der Waals surface area contributed by atoms with E-state index in [0.717, 1.165) is 26.3 Å². The van der Waals surface area contributed by atoms with Crippen LogP contribution < -0.4 is 10.1 Å². The molecule has 0 unspecified atom stereocenters. The lowest BCUT2D eigenvalue weighted by atomic mass is 10.1. The van der Waals surface area contributed by atoms with Crippen molar-refractivity contribution in [3.63, 3.8) is 0 Å². The molecule has 0 aliphatic carbocycles. The van der Waals surface area contributed by atoms with Gasteiger partial charge in [-0.3, -0.25) is 0 Å². The summed E-state index contributed by atoms with van der Waals surface area (Å²) < 4.78 is 10.8. The van der Waals surface area contributed by atoms with Crippen LogP contribution in [-0.2, 0) is 6.61 Å². The summed E-state index contributed by atoms with van der Waals surface area (Å²) in [5.74, 6) is 0.829. The van der Waals surface area contributed by atoms with Gasteiger partial charge in [0.15, 0.2) is 0 Å². The molecule has 0 saturated carbocycles. The van der Waals surface area contributed by atoms with Crippen LogP contribution >= 0.6 is 27.5 Å². The van der Waals surface area contributed by atoms with Crippen LogP contribution in [0, 0.1) is 0 Å². The monoisotopic (exact) mass is 349 g/mol. The highest BCUT2D eigenvalue weighted by Gasteiger charge is 2.07. The SMILES string of the molecule is CNc1snnc1COc1ccc2cc(Br)ccc2c1. The van der Waals surface area contributed by atoms with Gasteiger partial charge in [0.05, 0.1) is 0 Å². The van der Waals surface area contributed by atoms with Gasteiger partial charge in [-0.05, 0) is 35.0 Å². The summed E-state index contributed by atoms with van der Waals surface area (Å²) in [6, 6.07) is 12.2. The third-order valence-electron chi connectivity index (χ3n) is 2.93. The molecule has 0 fully saturated rings. The zero-order valence-corrected chi connectivity index (χ0v) is 13.2. The van der Waals surface area contributed by atoms with Gasteiger partial charge in [0.1, 0.15) is 23.1 Å². The molecular weight excluding hydrogens is 338 g/mol. The molecule has 0 aliphatic rings. The third kappa shape index (κ3) is 2.76. The maximum absolute atomic E-state index is 5.78. The molecule has 3 aromatic rings. The number of hydrogen-bond donors (Lipinski definition) is 1. The first-order chi connectivity index (χ1) is 9.76. The maximum Gasteiger partial charge on any atom is 0.136 e. The number of benzene rings is 2. The number of ether oxygens (including phenoxy) is 1. The number of rotatable bonds is 4. The van der Waals surface area contributed by atoms with Crippen molar-refractivity contribution in [1.29, 1.82) is 0 Å². The number of hydrogen-bond acceptors (Lipinski definition) is 5. The first-order valence-corrected chi connectivity index (χ1v) is 7.64. The smallest absolute Gasteiger partial charge is 0.136 e. The van der Waals surface area contributed by atoms with E-state index in [-0.39, 0.29) is 0 Å². The quantitative estimate of drug-likeness (QED) is 0.770. The van der Waals surface area contributed by atoms with Crippen molar-refractivity contribution in [1.82, 2.24) is 9.59 Å². The van der Waals surface area contributed by atoms with Crippen molar-refractivity contribution >= 4 is 43.2 Å². The summed E-state index contributed by atoms with van der Waals surface area (Å²) in [4.78, 5) is 0. The minimum atomic E-state index is 0.411. The molecule has 1 N–H and O–H groups in total. The van der Waals surface area contributed by atoms with Crippen LogP contribution in [0.3, 0.4) is 0 Å². The summed E-state index contributed by atoms with van der Waals surface area (Å²) in [6.45, 7) is 0.411. The van der Waals surface area contributed by atoms with Gasteiger partial charge in [0, 0.05) is 23.1 Å². The number of anilines is 1. The molecule has 1 aromatic heterocycles. The first kappa shape index (κ1) is 13.3. The van der Waals surface area contributed by atoms with Crippen LogP contribution in [0.15, 0.2) is 40.9 Å². The Morgan fingerprint density at radius 1 is 1.20 bits per heavy atom. The molecular formula is C14H12BrN3OS. The molecule has 6 heteroatoms. The second-order valence-electron chi connectivity index (χ2n) is 4.24. The van der Waals surface area contributed by atoms with Gasteiger partial charge in [-0.1, -0.05) is 32.6 Å². The predicted molar refractivity (Wildman–Crippen MR) is 85.4 cm³/mol. The van der Waals surface area contributed by atoms with E-state index >= 15 is 0 Å². The van der Waals surface area contributed by atoms with Gasteiger partial charge in [-0.25, -0.2) is 0 Å². The fraction of sp³-hybridized carbons (Fsp3) is 0.143. The van der Waals surface area contributed by atoms with E-state index in [4.69, 9.17) is 4.74 Å². The topological polar surface area (TPSA) is 47.0 Å². The summed E-state index contributed by atoms with van der Waals surface area (Å²) in [5, 5.41) is 10.4. The molecule has 0 saturated heterocycles. The van der Waals surface area contributed by atoms with E-state index < -0.39 is 0 Å². The molecule has 0 atom stereocenters. The average Bonchev–Trinajstić information content (AvgIpc) is 2.92. The number of nitrogens with one attached hydrogen (secondary N) is 1. The van der Waals surface area contributed by atoms with Crippen molar-refractivity contribution < 1.29 is 4.74 Å². The van der Waals surface area contributed by atoms with Gasteiger partial charge < -0.3 is 10.1 Å². The second kappa shape index (κ2) is 5.76. The lowest BCUT2D eigenvalue weighted by Gasteiger charge is -2.07. The first-order valence-electron chi connectivity index (χ1n) is 6.07. The lowest BCUT2D eigenvalue weighted by Crippen LogP contribution is -1.99. The highest BCUT2D eigenvalue weighted by atomic mass is 79.9. The molecule has 0 spiro atoms. The molecule has 102 valence electrons. The fourth-order valence-corrected chi connectivity index (χ4v) is 2.83. The second-order valence-corrected chi connectivity index (χ2v) is 5.91. The van der Waals surface area contributed by atoms with E-state index in [1.807, 2.05) is 31.3 Å². The zero-order chi connectivity index (χ0) is 13.9. The fourth-order valence-electron chi connectivity index (χ4n) is 1.93. The third-order valence-corrected chi connectivity index (χ3v) is 4.21. The summed E-state index contributed by atoms with van der Waals surface area (Å²) in [7, 11) is 1.85. The highest BCUT2D eigenvalue weighted by molar-refractivity contribution is 9.10. The molecule has 0 radical (unpaired) electrons. The Morgan fingerprint density at radius 3 is 2.85 bits per heavy atom. The summed E-state index contributed by atoms with van der Waals surface area (Å²) >= 11 is 4.80. The number of halogens is 1. The zero-order valence-electron chi connectivity index (χ0n) is 10.8. The molecule has 4 nitrogen and oxygen atoms in total. The van der Waals surface area contributed by atoms with Crippen molar-refractivity contribution in [3.8, 4) is 5.75 Å². The Bertz CT molecular complexity index is 744. The molecule has 1 heterocycles. The Morgan fingerprint density at radius 2 is 2.00 bits per heavy atom. The van der Waals surface area contributed by atoms with Gasteiger partial charge >= 0.3 is 0 Å². The van der Waals surface area contributed by atoms with E-state index in [2.05, 4.69) is 43.0 Å². The van der Waals surface area contributed by atoms with Crippen molar-refractivity contribution in [2.75, 3.05) is 12.4 Å². The van der Waals surface area contributed by atoms with E-state index in [1.165, 1.54) is 16.9 Å². The lowest BCUT2D eigenvalue weighted by molar-refractivity contribution is 0.302. The van der Waals surface area contributed by atoms with Crippen LogP contribution in [-0.4, -0.2) is 16.6 Å². The number of aromatic nitrogens is 2. The molecule has 0 bridgehead atoms. The highest BCUT2D eigenvalue weighted by Crippen LogP contribution is 2.25. The molecule has 0 aliphatic heterocycles. The largest absolute Gasteiger partial charge is 0.487 e. The molecule has 3 rings (SSSR count). The Hall–Kier alpha value is -1.66. The number of nitrogens with zero attached hydrogens (tertiary/aromatic N) is 2. The Balaban J connectivity index is 1.79. The van der Waals surface area contributed by atoms with Gasteiger partial charge in [0.25, 0.3) is 0 Å². The maximum atomic E-state index is 5.78. The molecule has 0 amide bonds. The summed E-state index contributed by atoms with van der Waals surface area (Å²) in [5.41, 5.74) is 0.827. The number of fused-ring (bicyclic) bond motifs is 1. The Labute approximate surface area is 129 Å². The van der Waals surface area contributed by atoms with Crippen LogP contribution in [0.1, 0.15) is 5.69 Å².